The summed E-state index contributed by atoms with van der Waals surface area (Å²) in [5, 5.41) is 11.7. The fourth-order valence-electron chi connectivity index (χ4n) is 2.35. The molecule has 21 heavy (non-hydrogen) atoms. The highest BCUT2D eigenvalue weighted by atomic mass is 16.4. The van der Waals surface area contributed by atoms with Crippen molar-refractivity contribution >= 4 is 17.8 Å². The predicted molar refractivity (Wildman–Crippen MR) is 73.9 cm³/mol. The summed E-state index contributed by atoms with van der Waals surface area (Å²) in [4.78, 5) is 39.6. The molecule has 1 fully saturated rings. The molecule has 0 bridgehead atoms. The Labute approximate surface area is 122 Å². The number of piperidine rings is 1. The lowest BCUT2D eigenvalue weighted by atomic mass is 10.0. The van der Waals surface area contributed by atoms with E-state index in [1.807, 2.05) is 0 Å². The Morgan fingerprint density at radius 1 is 1.24 bits per heavy atom. The van der Waals surface area contributed by atoms with Gasteiger partial charge in [0.1, 0.15) is 11.4 Å². The quantitative estimate of drug-likeness (QED) is 0.845. The minimum absolute atomic E-state index is 0.0735. The summed E-state index contributed by atoms with van der Waals surface area (Å²) < 4.78 is 0. The molecular weight excluding hydrogens is 274 g/mol. The second-order valence-corrected chi connectivity index (χ2v) is 4.98. The van der Waals surface area contributed by atoms with Gasteiger partial charge in [-0.3, -0.25) is 9.59 Å². The van der Waals surface area contributed by atoms with Crippen molar-refractivity contribution in [3.8, 4) is 0 Å². The van der Waals surface area contributed by atoms with Crippen LogP contribution in [0.5, 0.6) is 0 Å². The molecule has 0 aromatic carbocycles. The Hall–Kier alpha value is -2.44. The first-order chi connectivity index (χ1) is 9.97. The molecule has 1 aliphatic heterocycles. The summed E-state index contributed by atoms with van der Waals surface area (Å²) in [6, 6.07) is 4.45. The van der Waals surface area contributed by atoms with Crippen LogP contribution in [0, 0.1) is 0 Å². The summed E-state index contributed by atoms with van der Waals surface area (Å²) in [5.41, 5.74) is -0.0122. The molecule has 2 N–H and O–H groups in total. The van der Waals surface area contributed by atoms with Gasteiger partial charge in [0.05, 0.1) is 0 Å². The smallest absolute Gasteiger partial charge is 0.354 e. The number of hydrogen-bond acceptors (Lipinski definition) is 4. The van der Waals surface area contributed by atoms with E-state index >= 15 is 0 Å². The maximum absolute atomic E-state index is 12.3. The van der Waals surface area contributed by atoms with Gasteiger partial charge in [0, 0.05) is 26.1 Å². The first kappa shape index (κ1) is 15.0. The molecule has 112 valence electrons. The summed E-state index contributed by atoms with van der Waals surface area (Å²) in [5.74, 6) is -1.51. The van der Waals surface area contributed by atoms with Gasteiger partial charge in [-0.2, -0.15) is 0 Å². The van der Waals surface area contributed by atoms with Gasteiger partial charge >= 0.3 is 5.97 Å². The molecule has 2 amide bonds. The van der Waals surface area contributed by atoms with Crippen molar-refractivity contribution in [1.29, 1.82) is 0 Å². The summed E-state index contributed by atoms with van der Waals surface area (Å²) in [6.45, 7) is 2.50. The van der Waals surface area contributed by atoms with Crippen molar-refractivity contribution in [2.75, 3.05) is 13.1 Å². The molecule has 0 spiro atoms. The summed E-state index contributed by atoms with van der Waals surface area (Å²) in [7, 11) is 0. The zero-order chi connectivity index (χ0) is 15.4. The Bertz CT molecular complexity index is 565. The van der Waals surface area contributed by atoms with Crippen LogP contribution >= 0.6 is 0 Å². The summed E-state index contributed by atoms with van der Waals surface area (Å²) >= 11 is 0. The average Bonchev–Trinajstić information content (AvgIpc) is 2.47. The first-order valence-corrected chi connectivity index (χ1v) is 6.74. The topological polar surface area (TPSA) is 99.6 Å². The number of rotatable bonds is 3. The molecular formula is C14H17N3O4. The SMILES string of the molecule is CC(=O)NC1CCN(C(=O)c2cccc(C(=O)O)n2)CC1. The molecule has 0 unspecified atom stereocenters. The van der Waals surface area contributed by atoms with Crippen molar-refractivity contribution in [1.82, 2.24) is 15.2 Å². The van der Waals surface area contributed by atoms with Crippen LogP contribution in [0.25, 0.3) is 0 Å². The number of nitrogens with one attached hydrogen (secondary N) is 1. The molecule has 1 saturated heterocycles. The number of amides is 2. The highest BCUT2D eigenvalue weighted by Crippen LogP contribution is 2.13. The van der Waals surface area contributed by atoms with E-state index in [2.05, 4.69) is 10.3 Å². The molecule has 2 rings (SSSR count). The van der Waals surface area contributed by atoms with Crippen LogP contribution in [0.2, 0.25) is 0 Å². The Balaban J connectivity index is 2.00. The Kier molecular flexibility index (Phi) is 4.52. The molecule has 1 aromatic heterocycles. The van der Waals surface area contributed by atoms with Crippen molar-refractivity contribution < 1.29 is 19.5 Å². The molecule has 0 atom stereocenters. The van der Waals surface area contributed by atoms with Crippen molar-refractivity contribution in [2.45, 2.75) is 25.8 Å². The number of pyridine rings is 1. The number of carbonyl (C=O) groups excluding carboxylic acids is 2. The van der Waals surface area contributed by atoms with E-state index in [1.165, 1.54) is 25.1 Å². The van der Waals surface area contributed by atoms with Gasteiger partial charge in [-0.15, -0.1) is 0 Å². The number of nitrogens with zero attached hydrogens (tertiary/aromatic N) is 2. The van der Waals surface area contributed by atoms with E-state index in [0.717, 1.165) is 0 Å². The minimum atomic E-state index is -1.16. The fraction of sp³-hybridized carbons (Fsp3) is 0.429. The van der Waals surface area contributed by atoms with Gasteiger partial charge in [0.25, 0.3) is 5.91 Å². The lowest BCUT2D eigenvalue weighted by Gasteiger charge is -2.32. The highest BCUT2D eigenvalue weighted by molar-refractivity contribution is 5.94. The normalized spacial score (nSPS) is 15.6. The molecule has 7 heteroatoms. The molecule has 2 heterocycles. The number of carboxylic acids is 1. The van der Waals surface area contributed by atoms with E-state index in [1.54, 1.807) is 4.90 Å². The zero-order valence-electron chi connectivity index (χ0n) is 11.7. The first-order valence-electron chi connectivity index (χ1n) is 6.74. The monoisotopic (exact) mass is 291 g/mol. The van der Waals surface area contributed by atoms with E-state index in [4.69, 9.17) is 5.11 Å². The van der Waals surface area contributed by atoms with Crippen molar-refractivity contribution in [3.05, 3.63) is 29.6 Å². The molecule has 1 aliphatic rings. The molecule has 1 aromatic rings. The van der Waals surface area contributed by atoms with E-state index in [9.17, 15) is 14.4 Å². The Morgan fingerprint density at radius 2 is 1.86 bits per heavy atom. The van der Waals surface area contributed by atoms with Gasteiger partial charge in [0.2, 0.25) is 5.91 Å². The maximum Gasteiger partial charge on any atom is 0.354 e. The molecule has 0 saturated carbocycles. The number of carbonyl (C=O) groups is 3. The van der Waals surface area contributed by atoms with Crippen LogP contribution < -0.4 is 5.32 Å². The molecule has 0 aliphatic carbocycles. The van der Waals surface area contributed by atoms with Gasteiger partial charge in [-0.05, 0) is 25.0 Å². The van der Waals surface area contributed by atoms with Gasteiger partial charge < -0.3 is 15.3 Å². The van der Waals surface area contributed by atoms with Crippen molar-refractivity contribution in [2.24, 2.45) is 0 Å². The van der Waals surface area contributed by atoms with Crippen LogP contribution in [0.15, 0.2) is 18.2 Å². The Morgan fingerprint density at radius 3 is 2.43 bits per heavy atom. The second kappa shape index (κ2) is 6.34. The fourth-order valence-corrected chi connectivity index (χ4v) is 2.35. The van der Waals surface area contributed by atoms with E-state index < -0.39 is 5.97 Å². The van der Waals surface area contributed by atoms with E-state index in [-0.39, 0.29) is 29.2 Å². The lowest BCUT2D eigenvalue weighted by molar-refractivity contribution is -0.119. The lowest BCUT2D eigenvalue weighted by Crippen LogP contribution is -2.46. The standard InChI is InChI=1S/C14H17N3O4/c1-9(18)15-10-5-7-17(8-6-10)13(19)11-3-2-4-12(16-11)14(20)21/h2-4,10H,5-8H2,1H3,(H,15,18)(H,20,21). The number of hydrogen-bond donors (Lipinski definition) is 2. The van der Waals surface area contributed by atoms with Gasteiger partial charge in [-0.25, -0.2) is 9.78 Å². The number of likely N-dealkylation sites (tertiary alicyclic amines) is 1. The van der Waals surface area contributed by atoms with Crippen molar-refractivity contribution in [3.63, 3.8) is 0 Å². The van der Waals surface area contributed by atoms with Gasteiger partial charge in [-0.1, -0.05) is 6.07 Å². The van der Waals surface area contributed by atoms with Crippen LogP contribution in [-0.4, -0.2) is 51.9 Å². The van der Waals surface area contributed by atoms with Gasteiger partial charge in [0.15, 0.2) is 0 Å². The number of carboxylic acid groups (broad SMARTS) is 1. The zero-order valence-corrected chi connectivity index (χ0v) is 11.7. The van der Waals surface area contributed by atoms with Crippen LogP contribution in [0.1, 0.15) is 40.7 Å². The third-order valence-electron chi connectivity index (χ3n) is 3.38. The predicted octanol–water partition coefficient (Wildman–Crippen LogP) is 0.520. The average molecular weight is 291 g/mol. The van der Waals surface area contributed by atoms with Crippen LogP contribution in [-0.2, 0) is 4.79 Å². The van der Waals surface area contributed by atoms with E-state index in [0.29, 0.717) is 25.9 Å². The second-order valence-electron chi connectivity index (χ2n) is 4.98. The number of aromatic nitrogens is 1. The molecule has 0 radical (unpaired) electrons. The van der Waals surface area contributed by atoms with Crippen LogP contribution in [0.4, 0.5) is 0 Å². The minimum Gasteiger partial charge on any atom is -0.477 e. The largest absolute Gasteiger partial charge is 0.477 e. The third kappa shape index (κ3) is 3.77. The number of aromatic carboxylic acids is 1. The third-order valence-corrected chi connectivity index (χ3v) is 3.38. The highest BCUT2D eigenvalue weighted by Gasteiger charge is 2.25. The van der Waals surface area contributed by atoms with Crippen LogP contribution in [0.3, 0.4) is 0 Å². The summed E-state index contributed by atoms with van der Waals surface area (Å²) in [6.07, 6.45) is 1.37. The maximum atomic E-state index is 12.3. The molecule has 7 nitrogen and oxygen atoms in total.